The second-order valence-electron chi connectivity index (χ2n) is 5.49. The quantitative estimate of drug-likeness (QED) is 0.458. The summed E-state index contributed by atoms with van der Waals surface area (Å²) in [5.74, 6) is 3.86. The van der Waals surface area contributed by atoms with Gasteiger partial charge in [-0.2, -0.15) is 11.8 Å². The van der Waals surface area contributed by atoms with E-state index in [9.17, 15) is 0 Å². The molecule has 1 aliphatic carbocycles. The first-order valence-electron chi connectivity index (χ1n) is 7.13. The lowest BCUT2D eigenvalue weighted by atomic mass is 9.80. The van der Waals surface area contributed by atoms with Crippen molar-refractivity contribution in [3.05, 3.63) is 0 Å². The number of nitrogens with zero attached hydrogens (tertiary/aromatic N) is 1. The van der Waals surface area contributed by atoms with Gasteiger partial charge in [0.1, 0.15) is 0 Å². The van der Waals surface area contributed by atoms with E-state index < -0.39 is 0 Å². The van der Waals surface area contributed by atoms with Crippen LogP contribution in [0.15, 0.2) is 4.99 Å². The van der Waals surface area contributed by atoms with Gasteiger partial charge in [-0.25, -0.2) is 0 Å². The van der Waals surface area contributed by atoms with E-state index in [0.717, 1.165) is 30.1 Å². The van der Waals surface area contributed by atoms with Crippen LogP contribution in [0.3, 0.4) is 0 Å². The smallest absolute Gasteiger partial charge is 0.191 e. The fourth-order valence-electron chi connectivity index (χ4n) is 2.59. The molecule has 1 aliphatic rings. The fourth-order valence-corrected chi connectivity index (χ4v) is 2.90. The summed E-state index contributed by atoms with van der Waals surface area (Å²) in [6.45, 7) is 5.69. The van der Waals surface area contributed by atoms with Crippen molar-refractivity contribution >= 4 is 17.7 Å². The number of hydrogen-bond acceptors (Lipinski definition) is 2. The first-order chi connectivity index (χ1) is 8.67. The predicted octanol–water partition coefficient (Wildman–Crippen LogP) is 2.73. The lowest BCUT2D eigenvalue weighted by Gasteiger charge is -2.32. The summed E-state index contributed by atoms with van der Waals surface area (Å²) in [4.78, 5) is 4.29. The molecule has 0 radical (unpaired) electrons. The molecule has 106 valence electrons. The number of guanidine groups is 1. The zero-order chi connectivity index (χ0) is 13.4. The van der Waals surface area contributed by atoms with Gasteiger partial charge in [-0.15, -0.1) is 0 Å². The Morgan fingerprint density at radius 3 is 2.44 bits per heavy atom. The number of aliphatic imine (C=N–C) groups is 1. The maximum absolute atomic E-state index is 4.29. The van der Waals surface area contributed by atoms with Gasteiger partial charge in [0, 0.05) is 25.4 Å². The summed E-state index contributed by atoms with van der Waals surface area (Å²) >= 11 is 1.86. The van der Waals surface area contributed by atoms with Gasteiger partial charge in [0.15, 0.2) is 5.96 Å². The molecule has 18 heavy (non-hydrogen) atoms. The molecule has 1 saturated carbocycles. The van der Waals surface area contributed by atoms with E-state index in [1.165, 1.54) is 25.7 Å². The number of hydrogen-bond donors (Lipinski definition) is 2. The van der Waals surface area contributed by atoms with Gasteiger partial charge in [-0.05, 0) is 43.8 Å². The molecule has 1 rings (SSSR count). The molecule has 0 atom stereocenters. The van der Waals surface area contributed by atoms with Crippen molar-refractivity contribution in [1.29, 1.82) is 0 Å². The molecule has 0 aromatic rings. The molecular weight excluding hydrogens is 242 g/mol. The highest BCUT2D eigenvalue weighted by molar-refractivity contribution is 7.98. The Bertz CT molecular complexity index is 245. The van der Waals surface area contributed by atoms with Crippen LogP contribution in [0, 0.1) is 11.8 Å². The van der Waals surface area contributed by atoms with Crippen LogP contribution >= 0.6 is 11.8 Å². The molecular formula is C14H29N3S. The zero-order valence-corrected chi connectivity index (χ0v) is 13.1. The van der Waals surface area contributed by atoms with E-state index in [1.807, 2.05) is 18.8 Å². The summed E-state index contributed by atoms with van der Waals surface area (Å²) in [6.07, 6.45) is 7.41. The largest absolute Gasteiger partial charge is 0.356 e. The molecule has 0 saturated heterocycles. The van der Waals surface area contributed by atoms with E-state index in [4.69, 9.17) is 0 Å². The number of rotatable bonds is 5. The number of thioether (sulfide) groups is 1. The summed E-state index contributed by atoms with van der Waals surface area (Å²) in [7, 11) is 1.86. The minimum atomic E-state index is 0.612. The van der Waals surface area contributed by atoms with Gasteiger partial charge in [-0.3, -0.25) is 4.99 Å². The second-order valence-corrected chi connectivity index (χ2v) is 6.48. The first-order valence-corrected chi connectivity index (χ1v) is 8.52. The standard InChI is InChI=1S/C14H29N3S/c1-11(2)12-5-7-13(8-6-12)17-14(15-3)16-9-10-18-4/h11-13H,5-10H2,1-4H3,(H2,15,16,17). The Hall–Kier alpha value is -0.380. The van der Waals surface area contributed by atoms with Crippen LogP contribution in [0.1, 0.15) is 39.5 Å². The topological polar surface area (TPSA) is 36.4 Å². The Morgan fingerprint density at radius 2 is 1.94 bits per heavy atom. The molecule has 0 aromatic carbocycles. The molecule has 0 aliphatic heterocycles. The molecule has 3 nitrogen and oxygen atoms in total. The highest BCUT2D eigenvalue weighted by Crippen LogP contribution is 2.29. The summed E-state index contributed by atoms with van der Waals surface area (Å²) in [5, 5.41) is 6.92. The van der Waals surface area contributed by atoms with E-state index in [-0.39, 0.29) is 0 Å². The first kappa shape index (κ1) is 15.7. The van der Waals surface area contributed by atoms with Crippen molar-refractivity contribution in [3.63, 3.8) is 0 Å². The summed E-state index contributed by atoms with van der Waals surface area (Å²) < 4.78 is 0. The molecule has 0 bridgehead atoms. The molecule has 4 heteroatoms. The van der Waals surface area contributed by atoms with Crippen LogP contribution in [-0.4, -0.2) is 37.6 Å². The maximum Gasteiger partial charge on any atom is 0.191 e. The predicted molar refractivity (Wildman–Crippen MR) is 83.5 cm³/mol. The van der Waals surface area contributed by atoms with Crippen LogP contribution in [0.4, 0.5) is 0 Å². The normalized spacial score (nSPS) is 25.3. The monoisotopic (exact) mass is 271 g/mol. The molecule has 0 unspecified atom stereocenters. The lowest BCUT2D eigenvalue weighted by Crippen LogP contribution is -2.45. The SMILES string of the molecule is CN=C(NCCSC)NC1CCC(C(C)C)CC1. The fraction of sp³-hybridized carbons (Fsp3) is 0.929. The van der Waals surface area contributed by atoms with Gasteiger partial charge in [0.2, 0.25) is 0 Å². The van der Waals surface area contributed by atoms with Crippen LogP contribution in [-0.2, 0) is 0 Å². The molecule has 0 aromatic heterocycles. The average molecular weight is 271 g/mol. The van der Waals surface area contributed by atoms with Crippen molar-refractivity contribution in [2.24, 2.45) is 16.8 Å². The second kappa shape index (κ2) is 8.68. The van der Waals surface area contributed by atoms with Gasteiger partial charge in [0.25, 0.3) is 0 Å². The maximum atomic E-state index is 4.29. The van der Waals surface area contributed by atoms with Crippen molar-refractivity contribution in [3.8, 4) is 0 Å². The Morgan fingerprint density at radius 1 is 1.28 bits per heavy atom. The van der Waals surface area contributed by atoms with Crippen LogP contribution in [0.25, 0.3) is 0 Å². The van der Waals surface area contributed by atoms with Gasteiger partial charge < -0.3 is 10.6 Å². The number of nitrogens with one attached hydrogen (secondary N) is 2. The molecule has 2 N–H and O–H groups in total. The van der Waals surface area contributed by atoms with Crippen molar-refractivity contribution in [2.45, 2.75) is 45.6 Å². The lowest BCUT2D eigenvalue weighted by molar-refractivity contribution is 0.250. The van der Waals surface area contributed by atoms with Crippen LogP contribution in [0.2, 0.25) is 0 Å². The van der Waals surface area contributed by atoms with E-state index >= 15 is 0 Å². The van der Waals surface area contributed by atoms with Gasteiger partial charge in [-0.1, -0.05) is 13.8 Å². The van der Waals surface area contributed by atoms with E-state index in [2.05, 4.69) is 35.7 Å². The average Bonchev–Trinajstić information content (AvgIpc) is 2.38. The third-order valence-electron chi connectivity index (χ3n) is 3.88. The highest BCUT2D eigenvalue weighted by atomic mass is 32.2. The van der Waals surface area contributed by atoms with Gasteiger partial charge >= 0.3 is 0 Å². The van der Waals surface area contributed by atoms with Gasteiger partial charge in [0.05, 0.1) is 0 Å². The molecule has 0 spiro atoms. The van der Waals surface area contributed by atoms with Crippen molar-refractivity contribution in [2.75, 3.05) is 25.6 Å². The third-order valence-corrected chi connectivity index (χ3v) is 4.49. The van der Waals surface area contributed by atoms with Crippen molar-refractivity contribution in [1.82, 2.24) is 10.6 Å². The van der Waals surface area contributed by atoms with E-state index in [1.54, 1.807) is 0 Å². The molecule has 0 heterocycles. The Labute approximate surface area is 117 Å². The summed E-state index contributed by atoms with van der Waals surface area (Å²) in [5.41, 5.74) is 0. The van der Waals surface area contributed by atoms with Crippen molar-refractivity contribution < 1.29 is 0 Å². The Balaban J connectivity index is 2.26. The molecule has 1 fully saturated rings. The molecule has 0 amide bonds. The minimum absolute atomic E-state index is 0.612. The van der Waals surface area contributed by atoms with Crippen LogP contribution < -0.4 is 10.6 Å². The van der Waals surface area contributed by atoms with E-state index in [0.29, 0.717) is 6.04 Å². The summed E-state index contributed by atoms with van der Waals surface area (Å²) in [6, 6.07) is 0.612. The van der Waals surface area contributed by atoms with Crippen LogP contribution in [0.5, 0.6) is 0 Å². The third kappa shape index (κ3) is 5.51. The Kier molecular flexibility index (Phi) is 7.56. The highest BCUT2D eigenvalue weighted by Gasteiger charge is 2.23. The zero-order valence-electron chi connectivity index (χ0n) is 12.3. The minimum Gasteiger partial charge on any atom is -0.356 e.